The predicted octanol–water partition coefficient (Wildman–Crippen LogP) is 3.59. The van der Waals surface area contributed by atoms with Gasteiger partial charge >= 0.3 is 5.97 Å². The van der Waals surface area contributed by atoms with Crippen LogP contribution in [0.15, 0.2) is 22.8 Å². The zero-order chi connectivity index (χ0) is 14.5. The van der Waals surface area contributed by atoms with Crippen LogP contribution in [0.1, 0.15) is 52.9 Å². The summed E-state index contributed by atoms with van der Waals surface area (Å²) in [6, 6.07) is 0. The Bertz CT molecular complexity index is 414. The number of rotatable bonds is 5. The van der Waals surface area contributed by atoms with Gasteiger partial charge in [-0.2, -0.15) is 0 Å². The number of hydrogen-bond donors (Lipinski definition) is 0. The molecule has 0 aromatic carbocycles. The molecule has 3 nitrogen and oxygen atoms in total. The first-order valence-electron chi connectivity index (χ1n) is 6.84. The summed E-state index contributed by atoms with van der Waals surface area (Å²) in [4.78, 5) is 22.1. The molecule has 1 aliphatic rings. The highest BCUT2D eigenvalue weighted by Gasteiger charge is 2.28. The van der Waals surface area contributed by atoms with E-state index in [1.165, 1.54) is 37.2 Å². The number of hydrogen-bond acceptors (Lipinski definition) is 3. The number of allylic oxidation sites excluding steroid dienone is 3. The van der Waals surface area contributed by atoms with Crippen molar-refractivity contribution in [2.24, 2.45) is 5.41 Å². The summed E-state index contributed by atoms with van der Waals surface area (Å²) in [7, 11) is 1.34. The van der Waals surface area contributed by atoms with Gasteiger partial charge in [-0.25, -0.2) is 4.79 Å². The van der Waals surface area contributed by atoms with Gasteiger partial charge in [0.2, 0.25) is 0 Å². The van der Waals surface area contributed by atoms with Gasteiger partial charge in [-0.3, -0.25) is 4.79 Å². The molecule has 0 bridgehead atoms. The van der Waals surface area contributed by atoms with Crippen LogP contribution in [0.5, 0.6) is 0 Å². The molecule has 0 aromatic heterocycles. The predicted molar refractivity (Wildman–Crippen MR) is 75.7 cm³/mol. The fraction of sp³-hybridized carbons (Fsp3) is 0.625. The molecule has 0 aliphatic heterocycles. The van der Waals surface area contributed by atoms with Crippen LogP contribution in [-0.2, 0) is 14.3 Å². The summed E-state index contributed by atoms with van der Waals surface area (Å²) in [6.07, 6.45) is 6.93. The van der Waals surface area contributed by atoms with Crippen molar-refractivity contribution in [2.45, 2.75) is 52.9 Å². The Morgan fingerprint density at radius 3 is 2.63 bits per heavy atom. The lowest BCUT2D eigenvalue weighted by Gasteiger charge is -2.34. The van der Waals surface area contributed by atoms with E-state index in [9.17, 15) is 9.59 Å². The summed E-state index contributed by atoms with van der Waals surface area (Å²) in [6.45, 7) is 6.69. The molecular weight excluding hydrogens is 240 g/mol. The first-order chi connectivity index (χ1) is 8.92. The summed E-state index contributed by atoms with van der Waals surface area (Å²) < 4.78 is 4.70. The number of esters is 1. The Kier molecular flexibility index (Phi) is 5.52. The van der Waals surface area contributed by atoms with Crippen molar-refractivity contribution in [1.29, 1.82) is 0 Å². The summed E-state index contributed by atoms with van der Waals surface area (Å²) in [5, 5.41) is 0. The minimum Gasteiger partial charge on any atom is -0.466 e. The van der Waals surface area contributed by atoms with Crippen molar-refractivity contribution in [1.82, 2.24) is 0 Å². The largest absolute Gasteiger partial charge is 0.466 e. The quantitative estimate of drug-likeness (QED) is 0.330. The SMILES string of the molecule is COC(=O)/C(=C/C=O)CCC1=C(C)CCCC1(C)C. The highest BCUT2D eigenvalue weighted by molar-refractivity contribution is 5.92. The second-order valence-corrected chi connectivity index (χ2v) is 5.82. The van der Waals surface area contributed by atoms with Crippen LogP contribution in [0.2, 0.25) is 0 Å². The van der Waals surface area contributed by atoms with Crippen LogP contribution in [0.25, 0.3) is 0 Å². The van der Waals surface area contributed by atoms with Crippen molar-refractivity contribution in [3.63, 3.8) is 0 Å². The fourth-order valence-corrected chi connectivity index (χ4v) is 2.95. The van der Waals surface area contributed by atoms with E-state index in [0.29, 0.717) is 18.3 Å². The van der Waals surface area contributed by atoms with Crippen LogP contribution in [0.4, 0.5) is 0 Å². The molecule has 1 rings (SSSR count). The van der Waals surface area contributed by atoms with Gasteiger partial charge in [0.1, 0.15) is 6.29 Å². The average molecular weight is 264 g/mol. The lowest BCUT2D eigenvalue weighted by Crippen LogP contribution is -2.21. The zero-order valence-corrected chi connectivity index (χ0v) is 12.4. The highest BCUT2D eigenvalue weighted by Crippen LogP contribution is 2.42. The maximum atomic E-state index is 11.6. The van der Waals surface area contributed by atoms with E-state index >= 15 is 0 Å². The fourth-order valence-electron chi connectivity index (χ4n) is 2.95. The van der Waals surface area contributed by atoms with Crippen LogP contribution >= 0.6 is 0 Å². The normalized spacial score (nSPS) is 19.3. The number of carbonyl (C=O) groups is 2. The molecule has 0 spiro atoms. The number of aldehydes is 1. The minimum absolute atomic E-state index is 0.199. The Morgan fingerprint density at radius 1 is 1.42 bits per heavy atom. The summed E-state index contributed by atoms with van der Waals surface area (Å²) in [5.74, 6) is -0.404. The van der Waals surface area contributed by atoms with Gasteiger partial charge in [0.05, 0.1) is 7.11 Å². The van der Waals surface area contributed by atoms with Gasteiger partial charge in [0, 0.05) is 5.57 Å². The van der Waals surface area contributed by atoms with Crippen molar-refractivity contribution >= 4 is 12.3 Å². The van der Waals surface area contributed by atoms with E-state index in [0.717, 1.165) is 12.8 Å². The monoisotopic (exact) mass is 264 g/mol. The summed E-state index contributed by atoms with van der Waals surface area (Å²) >= 11 is 0. The van der Waals surface area contributed by atoms with Crippen LogP contribution in [-0.4, -0.2) is 19.4 Å². The first kappa shape index (κ1) is 15.7. The number of methoxy groups -OCH3 is 1. The Morgan fingerprint density at radius 2 is 2.11 bits per heavy atom. The lowest BCUT2D eigenvalue weighted by atomic mass is 9.71. The Balaban J connectivity index is 2.81. The smallest absolute Gasteiger partial charge is 0.333 e. The summed E-state index contributed by atoms with van der Waals surface area (Å²) in [5.41, 5.74) is 3.52. The topological polar surface area (TPSA) is 43.4 Å². The second-order valence-electron chi connectivity index (χ2n) is 5.82. The third kappa shape index (κ3) is 4.05. The number of carbonyl (C=O) groups excluding carboxylic acids is 2. The third-order valence-corrected chi connectivity index (χ3v) is 4.05. The van der Waals surface area contributed by atoms with Gasteiger partial charge in [-0.15, -0.1) is 0 Å². The molecule has 106 valence electrons. The molecule has 0 N–H and O–H groups in total. The molecule has 0 saturated carbocycles. The standard InChI is InChI=1S/C16H24O3/c1-12-6-5-10-16(2,3)14(12)8-7-13(9-11-17)15(18)19-4/h9,11H,5-8,10H2,1-4H3/b13-9+. The van der Waals surface area contributed by atoms with E-state index < -0.39 is 5.97 Å². The van der Waals surface area contributed by atoms with Crippen molar-refractivity contribution < 1.29 is 14.3 Å². The molecular formula is C16H24O3. The Labute approximate surface area is 115 Å². The molecule has 19 heavy (non-hydrogen) atoms. The maximum absolute atomic E-state index is 11.6. The van der Waals surface area contributed by atoms with Crippen LogP contribution in [0.3, 0.4) is 0 Å². The van der Waals surface area contributed by atoms with Gasteiger partial charge in [-0.1, -0.05) is 25.0 Å². The van der Waals surface area contributed by atoms with Crippen molar-refractivity contribution in [2.75, 3.05) is 7.11 Å². The molecule has 0 aromatic rings. The van der Waals surface area contributed by atoms with Crippen LogP contribution in [0, 0.1) is 5.41 Å². The molecule has 0 fully saturated rings. The average Bonchev–Trinajstić information content (AvgIpc) is 2.35. The van der Waals surface area contributed by atoms with Crippen molar-refractivity contribution in [3.05, 3.63) is 22.8 Å². The molecule has 0 atom stereocenters. The van der Waals surface area contributed by atoms with E-state index in [1.54, 1.807) is 0 Å². The van der Waals surface area contributed by atoms with E-state index in [4.69, 9.17) is 4.74 Å². The zero-order valence-electron chi connectivity index (χ0n) is 12.4. The van der Waals surface area contributed by atoms with E-state index in [1.807, 2.05) is 0 Å². The third-order valence-electron chi connectivity index (χ3n) is 4.05. The van der Waals surface area contributed by atoms with Crippen molar-refractivity contribution in [3.8, 4) is 0 Å². The Hall–Kier alpha value is -1.38. The molecule has 0 radical (unpaired) electrons. The van der Waals surface area contributed by atoms with Gasteiger partial charge in [0.15, 0.2) is 0 Å². The van der Waals surface area contributed by atoms with E-state index in [-0.39, 0.29) is 5.41 Å². The van der Waals surface area contributed by atoms with Gasteiger partial charge in [0.25, 0.3) is 0 Å². The number of ether oxygens (including phenoxy) is 1. The molecule has 0 amide bonds. The van der Waals surface area contributed by atoms with Gasteiger partial charge < -0.3 is 4.74 Å². The molecule has 3 heteroatoms. The lowest BCUT2D eigenvalue weighted by molar-refractivity contribution is -0.136. The van der Waals surface area contributed by atoms with Gasteiger partial charge in [-0.05, 0) is 50.5 Å². The molecule has 1 aliphatic carbocycles. The molecule has 0 heterocycles. The van der Waals surface area contributed by atoms with E-state index in [2.05, 4.69) is 20.8 Å². The first-order valence-corrected chi connectivity index (χ1v) is 6.84. The second kappa shape index (κ2) is 6.69. The highest BCUT2D eigenvalue weighted by atomic mass is 16.5. The minimum atomic E-state index is -0.404. The molecule has 0 saturated heterocycles. The molecule has 0 unspecified atom stereocenters. The van der Waals surface area contributed by atoms with Crippen LogP contribution < -0.4 is 0 Å². The maximum Gasteiger partial charge on any atom is 0.333 e.